The second-order valence-electron chi connectivity index (χ2n) is 6.31. The van der Waals surface area contributed by atoms with Crippen molar-refractivity contribution in [3.05, 3.63) is 84.6 Å². The minimum absolute atomic E-state index is 0.600. The van der Waals surface area contributed by atoms with E-state index < -0.39 is 0 Å². The molecule has 27 heavy (non-hydrogen) atoms. The molecule has 5 aromatic rings. The summed E-state index contributed by atoms with van der Waals surface area (Å²) in [6.07, 6.45) is 1.80. The average molecular weight is 352 g/mol. The van der Waals surface area contributed by atoms with E-state index in [2.05, 4.69) is 38.8 Å². The molecule has 0 radical (unpaired) electrons. The van der Waals surface area contributed by atoms with Gasteiger partial charge in [-0.1, -0.05) is 35.5 Å². The van der Waals surface area contributed by atoms with Gasteiger partial charge in [-0.3, -0.25) is 4.98 Å². The topological polar surface area (TPSA) is 68.5 Å². The zero-order chi connectivity index (χ0) is 18.1. The van der Waals surface area contributed by atoms with E-state index in [0.717, 1.165) is 39.1 Å². The number of fused-ring (bicyclic) bond motifs is 2. The van der Waals surface area contributed by atoms with E-state index in [1.165, 1.54) is 0 Å². The van der Waals surface area contributed by atoms with Gasteiger partial charge >= 0.3 is 0 Å². The third-order valence-electron chi connectivity index (χ3n) is 4.41. The van der Waals surface area contributed by atoms with E-state index in [9.17, 15) is 0 Å². The highest BCUT2D eigenvalue weighted by Gasteiger charge is 2.09. The van der Waals surface area contributed by atoms with Crippen LogP contribution >= 0.6 is 0 Å². The summed E-state index contributed by atoms with van der Waals surface area (Å²) in [6, 6.07) is 24.0. The van der Waals surface area contributed by atoms with Gasteiger partial charge in [-0.05, 0) is 48.0 Å². The molecule has 5 rings (SSSR count). The van der Waals surface area contributed by atoms with Crippen molar-refractivity contribution >= 4 is 33.6 Å². The molecule has 0 atom stereocenters. The van der Waals surface area contributed by atoms with Gasteiger partial charge in [0.25, 0.3) is 0 Å². The maximum atomic E-state index is 4.70. The SMILES string of the molecule is c1ccc(Nc2ccc3nnn(Cc4ccc5ncccc5c4)c3n2)cc1. The first kappa shape index (κ1) is 15.5. The molecule has 0 aliphatic carbocycles. The summed E-state index contributed by atoms with van der Waals surface area (Å²) in [6.45, 7) is 0.600. The van der Waals surface area contributed by atoms with Gasteiger partial charge in [0, 0.05) is 17.3 Å². The first-order chi connectivity index (χ1) is 13.3. The summed E-state index contributed by atoms with van der Waals surface area (Å²) in [5, 5.41) is 12.9. The predicted molar refractivity (Wildman–Crippen MR) is 106 cm³/mol. The zero-order valence-corrected chi connectivity index (χ0v) is 14.4. The average Bonchev–Trinajstić information content (AvgIpc) is 3.11. The number of nitrogens with one attached hydrogen (secondary N) is 1. The van der Waals surface area contributed by atoms with E-state index >= 15 is 0 Å². The van der Waals surface area contributed by atoms with Gasteiger partial charge in [-0.15, -0.1) is 5.10 Å². The Bertz CT molecular complexity index is 1230. The molecule has 130 valence electrons. The Kier molecular flexibility index (Phi) is 3.72. The minimum Gasteiger partial charge on any atom is -0.340 e. The van der Waals surface area contributed by atoms with E-state index in [1.54, 1.807) is 6.20 Å². The van der Waals surface area contributed by atoms with E-state index in [0.29, 0.717) is 6.54 Å². The maximum Gasteiger partial charge on any atom is 0.180 e. The van der Waals surface area contributed by atoms with Crippen LogP contribution in [0.2, 0.25) is 0 Å². The van der Waals surface area contributed by atoms with Crippen LogP contribution in [0.15, 0.2) is 79.0 Å². The molecule has 0 unspecified atom stereocenters. The molecular formula is C21H16N6. The molecule has 0 fully saturated rings. The third-order valence-corrected chi connectivity index (χ3v) is 4.41. The molecule has 0 aliphatic rings. The van der Waals surface area contributed by atoms with Crippen LogP contribution in [0.5, 0.6) is 0 Å². The number of hydrogen-bond donors (Lipinski definition) is 1. The highest BCUT2D eigenvalue weighted by molar-refractivity contribution is 5.79. The highest BCUT2D eigenvalue weighted by Crippen LogP contribution is 2.19. The van der Waals surface area contributed by atoms with Crippen LogP contribution in [0.25, 0.3) is 22.1 Å². The fraction of sp³-hybridized carbons (Fsp3) is 0.0476. The van der Waals surface area contributed by atoms with Gasteiger partial charge in [-0.2, -0.15) is 0 Å². The first-order valence-corrected chi connectivity index (χ1v) is 8.71. The summed E-state index contributed by atoms with van der Waals surface area (Å²) in [7, 11) is 0. The quantitative estimate of drug-likeness (QED) is 0.526. The minimum atomic E-state index is 0.600. The van der Waals surface area contributed by atoms with Crippen LogP contribution in [0.4, 0.5) is 11.5 Å². The van der Waals surface area contributed by atoms with Crippen LogP contribution < -0.4 is 5.32 Å². The lowest BCUT2D eigenvalue weighted by atomic mass is 10.1. The number of nitrogens with zero attached hydrogens (tertiary/aromatic N) is 5. The van der Waals surface area contributed by atoms with Gasteiger partial charge in [0.05, 0.1) is 12.1 Å². The number of hydrogen-bond acceptors (Lipinski definition) is 5. The van der Waals surface area contributed by atoms with Gasteiger partial charge < -0.3 is 5.32 Å². The molecule has 2 aromatic carbocycles. The molecule has 0 spiro atoms. The summed E-state index contributed by atoms with van der Waals surface area (Å²) >= 11 is 0. The van der Waals surface area contributed by atoms with E-state index in [4.69, 9.17) is 4.98 Å². The molecule has 0 saturated carbocycles. The van der Waals surface area contributed by atoms with Gasteiger partial charge in [0.2, 0.25) is 0 Å². The Labute approximate surface area is 155 Å². The normalized spacial score (nSPS) is 11.1. The molecule has 3 aromatic heterocycles. The van der Waals surface area contributed by atoms with E-state index in [1.807, 2.05) is 59.3 Å². The number of rotatable bonds is 4. The predicted octanol–water partition coefficient (Wildman–Crippen LogP) is 4.17. The standard InChI is InChI=1S/C21H16N6/c1-2-6-17(7-3-1)23-20-11-10-19-21(24-20)27(26-25-19)14-15-8-9-18-16(13-15)5-4-12-22-18/h1-13H,14H2,(H,23,24). The smallest absolute Gasteiger partial charge is 0.180 e. The molecule has 1 N–H and O–H groups in total. The molecule has 0 bridgehead atoms. The monoisotopic (exact) mass is 352 g/mol. The number of para-hydroxylation sites is 1. The van der Waals surface area contributed by atoms with Crippen molar-refractivity contribution in [2.75, 3.05) is 5.32 Å². The van der Waals surface area contributed by atoms with Crippen molar-refractivity contribution in [1.82, 2.24) is 25.0 Å². The van der Waals surface area contributed by atoms with Crippen molar-refractivity contribution in [2.45, 2.75) is 6.54 Å². The van der Waals surface area contributed by atoms with Crippen LogP contribution in [0, 0.1) is 0 Å². The molecular weight excluding hydrogens is 336 g/mol. The molecule has 3 heterocycles. The lowest BCUT2D eigenvalue weighted by Gasteiger charge is -2.07. The molecule has 0 amide bonds. The van der Waals surface area contributed by atoms with Crippen LogP contribution in [-0.2, 0) is 6.54 Å². The van der Waals surface area contributed by atoms with E-state index in [-0.39, 0.29) is 0 Å². The van der Waals surface area contributed by atoms with Crippen molar-refractivity contribution < 1.29 is 0 Å². The Hall–Kier alpha value is -3.80. The number of aromatic nitrogens is 5. The number of pyridine rings is 2. The van der Waals surface area contributed by atoms with Crippen LogP contribution in [-0.4, -0.2) is 25.0 Å². The van der Waals surface area contributed by atoms with Crippen LogP contribution in [0.3, 0.4) is 0 Å². The maximum absolute atomic E-state index is 4.70. The summed E-state index contributed by atoms with van der Waals surface area (Å²) < 4.78 is 1.82. The molecule has 0 aliphatic heterocycles. The van der Waals surface area contributed by atoms with Crippen molar-refractivity contribution in [1.29, 1.82) is 0 Å². The Morgan fingerprint density at radius 1 is 0.852 bits per heavy atom. The summed E-state index contributed by atoms with van der Waals surface area (Å²) in [5.41, 5.74) is 4.63. The van der Waals surface area contributed by atoms with Gasteiger partial charge in [0.15, 0.2) is 5.65 Å². The summed E-state index contributed by atoms with van der Waals surface area (Å²) in [4.78, 5) is 9.07. The lowest BCUT2D eigenvalue weighted by Crippen LogP contribution is -2.04. The molecule has 6 heteroatoms. The second-order valence-corrected chi connectivity index (χ2v) is 6.31. The Morgan fingerprint density at radius 3 is 2.67 bits per heavy atom. The second kappa shape index (κ2) is 6.49. The third kappa shape index (κ3) is 3.08. The number of anilines is 2. The van der Waals surface area contributed by atoms with Crippen molar-refractivity contribution in [3.63, 3.8) is 0 Å². The Morgan fingerprint density at radius 2 is 1.74 bits per heavy atom. The van der Waals surface area contributed by atoms with Gasteiger partial charge in [-0.25, -0.2) is 9.67 Å². The molecule has 0 saturated heterocycles. The summed E-state index contributed by atoms with van der Waals surface area (Å²) in [5.74, 6) is 0.764. The molecule has 6 nitrogen and oxygen atoms in total. The lowest BCUT2D eigenvalue weighted by molar-refractivity contribution is 0.665. The van der Waals surface area contributed by atoms with Crippen molar-refractivity contribution in [2.24, 2.45) is 0 Å². The zero-order valence-electron chi connectivity index (χ0n) is 14.4. The van der Waals surface area contributed by atoms with Crippen LogP contribution in [0.1, 0.15) is 5.56 Å². The van der Waals surface area contributed by atoms with Crippen molar-refractivity contribution in [3.8, 4) is 0 Å². The van der Waals surface area contributed by atoms with Gasteiger partial charge in [0.1, 0.15) is 11.3 Å². The first-order valence-electron chi connectivity index (χ1n) is 8.71. The highest BCUT2D eigenvalue weighted by atomic mass is 15.4. The largest absolute Gasteiger partial charge is 0.340 e. The Balaban J connectivity index is 1.48. The number of benzene rings is 2. The fourth-order valence-electron chi connectivity index (χ4n) is 3.10. The fourth-order valence-corrected chi connectivity index (χ4v) is 3.10.